The lowest BCUT2D eigenvalue weighted by Gasteiger charge is -2.26. The Kier molecular flexibility index (Phi) is 7.54. The van der Waals surface area contributed by atoms with Crippen LogP contribution >= 0.6 is 22.9 Å². The van der Waals surface area contributed by atoms with Crippen LogP contribution in [0.4, 0.5) is 13.2 Å². The smallest absolute Gasteiger partial charge is 0.376 e. The Morgan fingerprint density at radius 3 is 2.48 bits per heavy atom. The molecule has 4 atom stereocenters. The lowest BCUT2D eigenvalue weighted by molar-refractivity contribution is -0.258. The highest BCUT2D eigenvalue weighted by atomic mass is 35.5. The minimum atomic E-state index is -4.87. The second kappa shape index (κ2) is 10.4. The van der Waals surface area contributed by atoms with E-state index in [1.165, 1.54) is 23.6 Å². The summed E-state index contributed by atoms with van der Waals surface area (Å²) < 4.78 is 71.0. The molecule has 1 aliphatic rings. The minimum Gasteiger partial charge on any atom is -0.376 e. The first kappa shape index (κ1) is 29.0. The van der Waals surface area contributed by atoms with Gasteiger partial charge in [-0.25, -0.2) is 13.1 Å². The number of rotatable bonds is 8. The fraction of sp³-hybridized carbons (Fsp3) is 0.345. The van der Waals surface area contributed by atoms with Crippen molar-refractivity contribution in [1.82, 2.24) is 9.71 Å². The topological polar surface area (TPSA) is 79.3 Å². The molecule has 1 aliphatic carbocycles. The van der Waals surface area contributed by atoms with Crippen molar-refractivity contribution < 1.29 is 26.7 Å². The molecule has 1 saturated carbocycles. The predicted octanol–water partition coefficient (Wildman–Crippen LogP) is 7.44. The van der Waals surface area contributed by atoms with Gasteiger partial charge in [0.25, 0.3) is 0 Å². The lowest BCUT2D eigenvalue weighted by atomic mass is 9.94. The van der Waals surface area contributed by atoms with E-state index >= 15 is 0 Å². The average molecular weight is 609 g/mol. The maximum Gasteiger partial charge on any atom is 0.421 e. The van der Waals surface area contributed by atoms with Gasteiger partial charge in [0, 0.05) is 26.4 Å². The molecule has 0 amide bonds. The first-order chi connectivity index (χ1) is 18.7. The summed E-state index contributed by atoms with van der Waals surface area (Å²) in [7, 11) is -3.68. The Hall–Kier alpha value is -2.50. The highest BCUT2D eigenvalue weighted by molar-refractivity contribution is 7.90. The van der Waals surface area contributed by atoms with E-state index in [-0.39, 0.29) is 23.1 Å². The van der Waals surface area contributed by atoms with E-state index in [9.17, 15) is 26.7 Å². The van der Waals surface area contributed by atoms with E-state index in [0.717, 1.165) is 16.2 Å². The number of fused-ring (bicyclic) bond motifs is 1. The summed E-state index contributed by atoms with van der Waals surface area (Å²) in [5.74, 6) is 0.333. The first-order valence-electron chi connectivity index (χ1n) is 12.7. The normalized spacial score (nSPS) is 20.0. The molecule has 2 aromatic carbocycles. The highest BCUT2D eigenvalue weighted by Gasteiger charge is 2.51. The number of aliphatic hydroxyl groups is 1. The Labute approximate surface area is 240 Å². The number of sulfonamides is 1. The molecule has 2 heterocycles. The van der Waals surface area contributed by atoms with Gasteiger partial charge >= 0.3 is 6.18 Å². The van der Waals surface area contributed by atoms with Crippen LogP contribution in [0.2, 0.25) is 5.02 Å². The molecule has 0 spiro atoms. The maximum atomic E-state index is 13.5. The van der Waals surface area contributed by atoms with E-state index in [1.54, 1.807) is 36.4 Å². The summed E-state index contributed by atoms with van der Waals surface area (Å²) >= 11 is 7.86. The summed E-state index contributed by atoms with van der Waals surface area (Å²) in [6, 6.07) is 15.9. The number of benzene rings is 2. The molecule has 0 unspecified atom stereocenters. The SMILES string of the molecule is CC(C)[C@H]1C[C@@H]1S(=O)(=O)N[C@@H](c1cc2cccc(-c3cc([C@](C)(O)C(F)(F)F)ccn3)c2s1)c1ccccc1Cl. The third-order valence-electron chi connectivity index (χ3n) is 7.53. The molecule has 5 rings (SSSR count). The minimum absolute atomic E-state index is 0.0886. The molecule has 1 fully saturated rings. The Morgan fingerprint density at radius 2 is 1.82 bits per heavy atom. The van der Waals surface area contributed by atoms with Crippen LogP contribution in [0.5, 0.6) is 0 Å². The molecule has 40 heavy (non-hydrogen) atoms. The first-order valence-corrected chi connectivity index (χ1v) is 15.5. The zero-order valence-corrected chi connectivity index (χ0v) is 24.3. The second-order valence-electron chi connectivity index (χ2n) is 10.7. The molecule has 0 bridgehead atoms. The number of nitrogens with zero attached hydrogens (tertiary/aromatic N) is 1. The Morgan fingerprint density at radius 1 is 1.10 bits per heavy atom. The molecule has 0 radical (unpaired) electrons. The third-order valence-corrected chi connectivity index (χ3v) is 11.0. The van der Waals surface area contributed by atoms with Gasteiger partial charge in [-0.1, -0.05) is 61.8 Å². The van der Waals surface area contributed by atoms with E-state index in [1.807, 2.05) is 26.0 Å². The van der Waals surface area contributed by atoms with E-state index in [2.05, 4.69) is 9.71 Å². The quantitative estimate of drug-likeness (QED) is 0.218. The molecule has 0 saturated heterocycles. The van der Waals surface area contributed by atoms with Crippen molar-refractivity contribution in [2.75, 3.05) is 0 Å². The van der Waals surface area contributed by atoms with Crippen molar-refractivity contribution in [2.45, 2.75) is 50.3 Å². The summed E-state index contributed by atoms with van der Waals surface area (Å²) in [4.78, 5) is 4.97. The van der Waals surface area contributed by atoms with Crippen LogP contribution in [0.15, 0.2) is 66.9 Å². The maximum absolute atomic E-state index is 13.5. The van der Waals surface area contributed by atoms with Gasteiger partial charge in [0.1, 0.15) is 0 Å². The zero-order chi connectivity index (χ0) is 29.0. The van der Waals surface area contributed by atoms with Crippen LogP contribution < -0.4 is 4.72 Å². The number of halogens is 4. The van der Waals surface area contributed by atoms with Crippen molar-refractivity contribution in [3.8, 4) is 11.3 Å². The fourth-order valence-corrected chi connectivity index (χ4v) is 8.53. The van der Waals surface area contributed by atoms with Gasteiger partial charge in [-0.3, -0.25) is 4.98 Å². The van der Waals surface area contributed by atoms with Gasteiger partial charge in [0.2, 0.25) is 10.0 Å². The molecule has 2 N–H and O–H groups in total. The number of pyridine rings is 1. The van der Waals surface area contributed by atoms with Gasteiger partial charge in [-0.15, -0.1) is 11.3 Å². The van der Waals surface area contributed by atoms with Crippen molar-refractivity contribution >= 4 is 43.0 Å². The van der Waals surface area contributed by atoms with E-state index < -0.39 is 33.1 Å². The summed E-state index contributed by atoms with van der Waals surface area (Å²) in [5, 5.41) is 10.9. The Balaban J connectivity index is 1.59. The van der Waals surface area contributed by atoms with Gasteiger partial charge in [0.15, 0.2) is 5.60 Å². The Bertz CT molecular complexity index is 1670. The summed E-state index contributed by atoms with van der Waals surface area (Å²) in [6.07, 6.45) is -3.04. The molecule has 5 nitrogen and oxygen atoms in total. The van der Waals surface area contributed by atoms with Crippen LogP contribution in [0, 0.1) is 11.8 Å². The van der Waals surface area contributed by atoms with E-state index in [4.69, 9.17) is 11.6 Å². The number of hydrogen-bond donors (Lipinski definition) is 2. The summed E-state index contributed by atoms with van der Waals surface area (Å²) in [5.41, 5.74) is -1.96. The monoisotopic (exact) mass is 608 g/mol. The van der Waals surface area contributed by atoms with Crippen LogP contribution in [0.1, 0.15) is 49.2 Å². The fourth-order valence-electron chi connectivity index (χ4n) is 4.95. The molecule has 2 aromatic heterocycles. The van der Waals surface area contributed by atoms with Gasteiger partial charge < -0.3 is 5.11 Å². The average Bonchev–Trinajstić information content (AvgIpc) is 3.61. The number of aromatic nitrogens is 1. The predicted molar refractivity (Wildman–Crippen MR) is 153 cm³/mol. The zero-order valence-electron chi connectivity index (χ0n) is 21.9. The number of hydrogen-bond acceptors (Lipinski definition) is 5. The van der Waals surface area contributed by atoms with Crippen molar-refractivity contribution in [3.05, 3.63) is 87.9 Å². The molecule has 11 heteroatoms. The van der Waals surface area contributed by atoms with Gasteiger partial charge in [-0.05, 0) is 66.0 Å². The number of thiophene rings is 1. The summed E-state index contributed by atoms with van der Waals surface area (Å²) in [6.45, 7) is 4.73. The van der Waals surface area contributed by atoms with Crippen molar-refractivity contribution in [2.24, 2.45) is 11.8 Å². The number of alkyl halides is 3. The molecule has 4 aromatic rings. The van der Waals surface area contributed by atoms with Gasteiger partial charge in [0.05, 0.1) is 17.0 Å². The lowest BCUT2D eigenvalue weighted by Crippen LogP contribution is -2.39. The standard InChI is InChI=1S/C29H28ClF3N2O3S2/c1-16(2)21-15-25(21)40(37,38)35-26(19-8-4-5-10-22(19)30)24-13-17-7-6-9-20(27(17)39-24)23-14-18(11-12-34-23)28(3,36)29(31,32)33/h4-14,16,21,25-26,35-36H,15H2,1-3H3/t21-,25+,26-,28+/m1/s1. The molecular formula is C29H28ClF3N2O3S2. The highest BCUT2D eigenvalue weighted by Crippen LogP contribution is 2.45. The van der Waals surface area contributed by atoms with Gasteiger partial charge in [-0.2, -0.15) is 13.2 Å². The van der Waals surface area contributed by atoms with Crippen LogP contribution in [0.3, 0.4) is 0 Å². The van der Waals surface area contributed by atoms with Crippen molar-refractivity contribution in [3.63, 3.8) is 0 Å². The molecule has 212 valence electrons. The molecular weight excluding hydrogens is 581 g/mol. The third kappa shape index (κ3) is 5.39. The number of nitrogens with one attached hydrogen (secondary N) is 1. The van der Waals surface area contributed by atoms with Crippen LogP contribution in [0.25, 0.3) is 21.3 Å². The van der Waals surface area contributed by atoms with Crippen molar-refractivity contribution in [1.29, 1.82) is 0 Å². The second-order valence-corrected chi connectivity index (χ2v) is 14.1. The largest absolute Gasteiger partial charge is 0.421 e. The molecule has 0 aliphatic heterocycles. The van der Waals surface area contributed by atoms with E-state index in [0.29, 0.717) is 34.4 Å². The van der Waals surface area contributed by atoms with Crippen LogP contribution in [-0.2, 0) is 15.6 Å². The van der Waals surface area contributed by atoms with Crippen LogP contribution in [-0.4, -0.2) is 29.9 Å².